The number of hydrogen-bond acceptors (Lipinski definition) is 6. The highest BCUT2D eigenvalue weighted by Gasteiger charge is 2.38. The molecule has 0 radical (unpaired) electrons. The van der Waals surface area contributed by atoms with Gasteiger partial charge in [-0.3, -0.25) is 9.59 Å². The van der Waals surface area contributed by atoms with Gasteiger partial charge >= 0.3 is 5.97 Å². The van der Waals surface area contributed by atoms with Gasteiger partial charge in [-0.05, 0) is 53.9 Å². The van der Waals surface area contributed by atoms with Gasteiger partial charge in [0.2, 0.25) is 15.8 Å². The molecule has 0 bridgehead atoms. The normalized spacial score (nSPS) is 16.0. The molecule has 1 aliphatic rings. The lowest BCUT2D eigenvalue weighted by molar-refractivity contribution is -0.143. The number of ether oxygens (including phenoxy) is 1. The summed E-state index contributed by atoms with van der Waals surface area (Å²) in [4.78, 5) is 25.3. The van der Waals surface area contributed by atoms with E-state index in [4.69, 9.17) is 9.15 Å². The fourth-order valence-electron chi connectivity index (χ4n) is 4.42. The fraction of sp³-hybridized carbons (Fsp3) is 0.185. The number of esters is 1. The quantitative estimate of drug-likeness (QED) is 0.266. The lowest BCUT2D eigenvalue weighted by atomic mass is 9.92. The molecule has 1 aromatic heterocycles. The Morgan fingerprint density at radius 2 is 1.72 bits per heavy atom. The van der Waals surface area contributed by atoms with Crippen molar-refractivity contribution in [1.29, 1.82) is 0 Å². The van der Waals surface area contributed by atoms with Gasteiger partial charge in [-0.1, -0.05) is 42.5 Å². The van der Waals surface area contributed by atoms with Crippen LogP contribution in [0.1, 0.15) is 34.1 Å². The predicted octanol–water partition coefficient (Wildman–Crippen LogP) is 4.68. The van der Waals surface area contributed by atoms with Crippen LogP contribution >= 0.6 is 0 Å². The molecule has 7 nitrogen and oxygen atoms in total. The number of fused-ring (bicyclic) bond motifs is 2. The van der Waals surface area contributed by atoms with Crippen LogP contribution in [-0.2, 0) is 26.0 Å². The summed E-state index contributed by atoms with van der Waals surface area (Å²) in [5.41, 5.74) is 2.17. The van der Waals surface area contributed by atoms with Crippen molar-refractivity contribution in [3.05, 3.63) is 102 Å². The molecule has 0 amide bonds. The van der Waals surface area contributed by atoms with E-state index in [2.05, 4.69) is 0 Å². The molecule has 0 saturated carbocycles. The lowest BCUT2D eigenvalue weighted by Gasteiger charge is -2.36. The number of para-hydroxylation sites is 1. The van der Waals surface area contributed by atoms with Crippen LogP contribution in [0.15, 0.2) is 88.2 Å². The lowest BCUT2D eigenvalue weighted by Crippen LogP contribution is -2.41. The minimum absolute atomic E-state index is 0.0679. The van der Waals surface area contributed by atoms with Crippen molar-refractivity contribution < 1.29 is 31.6 Å². The highest BCUT2D eigenvalue weighted by molar-refractivity contribution is 7.89. The van der Waals surface area contributed by atoms with E-state index in [0.29, 0.717) is 17.6 Å². The number of benzene rings is 3. The van der Waals surface area contributed by atoms with Gasteiger partial charge in [0, 0.05) is 11.9 Å². The van der Waals surface area contributed by atoms with E-state index in [1.807, 2.05) is 18.2 Å². The summed E-state index contributed by atoms with van der Waals surface area (Å²) in [6.45, 7) is -0.385. The van der Waals surface area contributed by atoms with E-state index in [1.54, 1.807) is 36.4 Å². The van der Waals surface area contributed by atoms with Gasteiger partial charge in [0.15, 0.2) is 12.4 Å². The Morgan fingerprint density at radius 3 is 2.50 bits per heavy atom. The summed E-state index contributed by atoms with van der Waals surface area (Å²) < 4.78 is 52.2. The number of hydrogen-bond donors (Lipinski definition) is 0. The maximum atomic E-state index is 13.4. The van der Waals surface area contributed by atoms with Gasteiger partial charge in [-0.25, -0.2) is 12.8 Å². The molecule has 0 N–H and O–H groups in total. The molecule has 5 rings (SSSR count). The van der Waals surface area contributed by atoms with Gasteiger partial charge in [-0.2, -0.15) is 4.31 Å². The second-order valence-corrected chi connectivity index (χ2v) is 10.4. The van der Waals surface area contributed by atoms with E-state index in [-0.39, 0.29) is 23.6 Å². The molecule has 36 heavy (non-hydrogen) atoms. The first-order valence-corrected chi connectivity index (χ1v) is 12.8. The molecule has 0 aliphatic carbocycles. The highest BCUT2D eigenvalue weighted by atomic mass is 32.2. The first-order valence-electron chi connectivity index (χ1n) is 11.4. The Bertz CT molecular complexity index is 1510. The SMILES string of the molecule is O=C(CC1c2ccccc2CCN1S(=O)(=O)c1ccc(F)cc1)OCC(=O)c1cc2ccccc2o1. The fourth-order valence-corrected chi connectivity index (χ4v) is 6.03. The minimum Gasteiger partial charge on any atom is -0.457 e. The van der Waals surface area contributed by atoms with Crippen LogP contribution < -0.4 is 0 Å². The number of carbonyl (C=O) groups is 2. The summed E-state index contributed by atoms with van der Waals surface area (Å²) >= 11 is 0. The van der Waals surface area contributed by atoms with Crippen molar-refractivity contribution in [1.82, 2.24) is 4.31 Å². The molecule has 9 heteroatoms. The second kappa shape index (κ2) is 9.67. The number of furan rings is 1. The standard InChI is InChI=1S/C27H22FNO6S/c28-20-9-11-21(12-10-20)36(32,33)29-14-13-18-5-1-3-7-22(18)23(29)16-27(31)34-17-24(30)26-15-19-6-2-4-8-25(19)35-26/h1-12,15,23H,13-14,16-17H2. The van der Waals surface area contributed by atoms with Crippen molar-refractivity contribution in [2.45, 2.75) is 23.8 Å². The van der Waals surface area contributed by atoms with E-state index < -0.39 is 40.2 Å². The number of sulfonamides is 1. The topological polar surface area (TPSA) is 93.9 Å². The van der Waals surface area contributed by atoms with Crippen molar-refractivity contribution in [3.8, 4) is 0 Å². The van der Waals surface area contributed by atoms with E-state index in [0.717, 1.165) is 23.1 Å². The number of nitrogens with zero attached hydrogens (tertiary/aromatic N) is 1. The third kappa shape index (κ3) is 4.67. The number of Topliss-reactive ketones (excluding diaryl/α,β-unsaturated/α-hetero) is 1. The molecular formula is C27H22FNO6S. The van der Waals surface area contributed by atoms with Crippen LogP contribution in [0.25, 0.3) is 11.0 Å². The van der Waals surface area contributed by atoms with Crippen molar-refractivity contribution in [3.63, 3.8) is 0 Å². The zero-order valence-electron chi connectivity index (χ0n) is 19.1. The monoisotopic (exact) mass is 507 g/mol. The van der Waals surface area contributed by atoms with Gasteiger partial charge in [0.05, 0.1) is 17.4 Å². The number of ketones is 1. The molecule has 3 aromatic carbocycles. The van der Waals surface area contributed by atoms with Crippen LogP contribution in [0.5, 0.6) is 0 Å². The largest absolute Gasteiger partial charge is 0.457 e. The van der Waals surface area contributed by atoms with E-state index >= 15 is 0 Å². The summed E-state index contributed by atoms with van der Waals surface area (Å²) in [6, 6.07) is 19.7. The van der Waals surface area contributed by atoms with Crippen LogP contribution in [-0.4, -0.2) is 37.6 Å². The Hall–Kier alpha value is -3.82. The summed E-state index contributed by atoms with van der Waals surface area (Å²) in [5, 5.41) is 0.757. The van der Waals surface area contributed by atoms with E-state index in [1.165, 1.54) is 16.4 Å². The Balaban J connectivity index is 1.35. The highest BCUT2D eigenvalue weighted by Crippen LogP contribution is 2.36. The predicted molar refractivity (Wildman–Crippen MR) is 129 cm³/mol. The zero-order chi connectivity index (χ0) is 25.3. The molecule has 1 unspecified atom stereocenters. The number of halogens is 1. The Morgan fingerprint density at radius 1 is 1.00 bits per heavy atom. The molecule has 4 aromatic rings. The molecule has 0 saturated heterocycles. The van der Waals surface area contributed by atoms with Crippen LogP contribution in [0.2, 0.25) is 0 Å². The second-order valence-electron chi connectivity index (χ2n) is 8.47. The zero-order valence-corrected chi connectivity index (χ0v) is 19.9. The third-order valence-corrected chi connectivity index (χ3v) is 8.13. The first kappa shape index (κ1) is 23.9. The molecule has 1 atom stereocenters. The van der Waals surface area contributed by atoms with Crippen LogP contribution in [0.4, 0.5) is 4.39 Å². The average molecular weight is 508 g/mol. The molecule has 2 heterocycles. The minimum atomic E-state index is -4.03. The molecule has 1 aliphatic heterocycles. The van der Waals surface area contributed by atoms with Gasteiger partial charge in [-0.15, -0.1) is 0 Å². The van der Waals surface area contributed by atoms with E-state index in [9.17, 15) is 22.4 Å². The molecule has 0 spiro atoms. The summed E-state index contributed by atoms with van der Waals surface area (Å²) in [6.07, 6.45) is 0.178. The van der Waals surface area contributed by atoms with Gasteiger partial charge < -0.3 is 9.15 Å². The van der Waals surface area contributed by atoms with Gasteiger partial charge in [0.1, 0.15) is 11.4 Å². The van der Waals surface area contributed by atoms with Crippen LogP contribution in [0, 0.1) is 5.82 Å². The summed E-state index contributed by atoms with van der Waals surface area (Å²) in [7, 11) is -4.03. The molecule has 0 fully saturated rings. The maximum absolute atomic E-state index is 13.4. The van der Waals surface area contributed by atoms with Crippen LogP contribution in [0.3, 0.4) is 0 Å². The smallest absolute Gasteiger partial charge is 0.308 e. The van der Waals surface area contributed by atoms with Gasteiger partial charge in [0.25, 0.3) is 0 Å². The first-order chi connectivity index (χ1) is 17.3. The average Bonchev–Trinajstić information content (AvgIpc) is 3.32. The maximum Gasteiger partial charge on any atom is 0.308 e. The Kier molecular flexibility index (Phi) is 6.42. The van der Waals surface area contributed by atoms with Crippen molar-refractivity contribution in [2.75, 3.05) is 13.2 Å². The van der Waals surface area contributed by atoms with Crippen molar-refractivity contribution in [2.24, 2.45) is 0 Å². The van der Waals surface area contributed by atoms with Crippen molar-refractivity contribution >= 4 is 32.7 Å². The number of carbonyl (C=O) groups excluding carboxylic acids is 2. The summed E-state index contributed by atoms with van der Waals surface area (Å²) in [5.74, 6) is -1.69. The molecular weight excluding hydrogens is 485 g/mol. The Labute approximate surface area is 207 Å². The third-order valence-electron chi connectivity index (χ3n) is 6.21. The number of rotatable bonds is 7. The molecule has 184 valence electrons.